The summed E-state index contributed by atoms with van der Waals surface area (Å²) in [4.78, 5) is 12.2. The summed E-state index contributed by atoms with van der Waals surface area (Å²) in [5.74, 6) is -0.492. The van der Waals surface area contributed by atoms with Crippen LogP contribution in [0.25, 0.3) is 0 Å². The molecule has 2 bridgehead atoms. The lowest BCUT2D eigenvalue weighted by Gasteiger charge is -2.32. The van der Waals surface area contributed by atoms with Gasteiger partial charge in [0.1, 0.15) is 12.2 Å². The first-order valence-electron chi connectivity index (χ1n) is 9.01. The highest BCUT2D eigenvalue weighted by Crippen LogP contribution is 2.46. The summed E-state index contributed by atoms with van der Waals surface area (Å²) < 4.78 is 23.9. The molecule has 4 unspecified atom stereocenters. The predicted octanol–water partition coefficient (Wildman–Crippen LogP) is 3.00. The van der Waals surface area contributed by atoms with E-state index in [9.17, 15) is 4.79 Å². The van der Waals surface area contributed by atoms with Crippen LogP contribution in [-0.2, 0) is 30.3 Å². The monoisotopic (exact) mass is 352 g/mol. The van der Waals surface area contributed by atoms with Gasteiger partial charge in [0.15, 0.2) is 12.4 Å². The molecule has 2 aromatic rings. The van der Waals surface area contributed by atoms with Crippen molar-refractivity contribution < 1.29 is 23.7 Å². The molecule has 26 heavy (non-hydrogen) atoms. The Labute approximate surface area is 151 Å². The van der Waals surface area contributed by atoms with Crippen molar-refractivity contribution in [1.29, 1.82) is 0 Å². The van der Waals surface area contributed by atoms with Crippen molar-refractivity contribution in [3.05, 3.63) is 71.8 Å². The van der Waals surface area contributed by atoms with Crippen molar-refractivity contribution in [3.8, 4) is 0 Å². The molecule has 0 radical (unpaired) electrons. The predicted molar refractivity (Wildman–Crippen MR) is 91.9 cm³/mol. The van der Waals surface area contributed by atoms with Crippen LogP contribution in [0.2, 0.25) is 0 Å². The third kappa shape index (κ3) is 2.72. The molecule has 5 heteroatoms. The molecular weight excluding hydrogens is 332 g/mol. The zero-order chi connectivity index (χ0) is 17.5. The fourth-order valence-corrected chi connectivity index (χ4v) is 4.11. The third-order valence-corrected chi connectivity index (χ3v) is 5.39. The summed E-state index contributed by atoms with van der Waals surface area (Å²) in [7, 11) is 0. The van der Waals surface area contributed by atoms with E-state index < -0.39 is 12.4 Å². The van der Waals surface area contributed by atoms with Crippen molar-refractivity contribution >= 4 is 5.97 Å². The summed E-state index contributed by atoms with van der Waals surface area (Å²) in [6.07, 6.45) is -0.977. The van der Waals surface area contributed by atoms with Gasteiger partial charge >= 0.3 is 5.97 Å². The minimum atomic E-state index is -0.418. The first kappa shape index (κ1) is 16.0. The molecule has 0 N–H and O–H groups in total. The molecular formula is C21H20O5. The molecule has 5 nitrogen and oxygen atoms in total. The highest BCUT2D eigenvalue weighted by Gasteiger charge is 2.60. The van der Waals surface area contributed by atoms with Crippen LogP contribution < -0.4 is 0 Å². The van der Waals surface area contributed by atoms with Crippen molar-refractivity contribution in [2.75, 3.05) is 0 Å². The van der Waals surface area contributed by atoms with Gasteiger partial charge in [0.05, 0.1) is 18.6 Å². The molecule has 3 fully saturated rings. The molecule has 134 valence electrons. The maximum absolute atomic E-state index is 12.2. The van der Waals surface area contributed by atoms with E-state index in [0.29, 0.717) is 13.0 Å². The number of hydrogen-bond donors (Lipinski definition) is 0. The summed E-state index contributed by atoms with van der Waals surface area (Å²) in [6, 6.07) is 19.8. The lowest BCUT2D eigenvalue weighted by molar-refractivity contribution is -0.151. The maximum atomic E-state index is 12.2. The first-order valence-corrected chi connectivity index (χ1v) is 9.01. The molecule has 2 aromatic carbocycles. The Morgan fingerprint density at radius 3 is 2.42 bits per heavy atom. The van der Waals surface area contributed by atoms with Gasteiger partial charge in [0.25, 0.3) is 0 Å². The Morgan fingerprint density at radius 2 is 1.65 bits per heavy atom. The van der Waals surface area contributed by atoms with E-state index >= 15 is 0 Å². The minimum Gasteiger partial charge on any atom is -0.456 e. The van der Waals surface area contributed by atoms with E-state index in [4.69, 9.17) is 18.9 Å². The van der Waals surface area contributed by atoms with E-state index in [0.717, 1.165) is 11.1 Å². The molecule has 0 aromatic heterocycles. The number of carbonyl (C=O) groups excluding carboxylic acids is 1. The standard InChI is InChI=1S/C21H20O5/c22-20-15-11-16-18(26-21(24-16)14-9-5-2-6-10-14)19(25-20)17(15)23-12-13-7-3-1-4-8-13/h1-10,15-19,21H,11-12H2/t15?,16?,17-,18?,19?,21-/m0/s1. The van der Waals surface area contributed by atoms with Crippen molar-refractivity contribution in [2.45, 2.75) is 43.7 Å². The smallest absolute Gasteiger partial charge is 0.312 e. The Balaban J connectivity index is 1.32. The fraction of sp³-hybridized carbons (Fsp3) is 0.381. The van der Waals surface area contributed by atoms with Gasteiger partial charge in [-0.25, -0.2) is 0 Å². The molecule has 2 aliphatic heterocycles. The van der Waals surface area contributed by atoms with Crippen molar-refractivity contribution in [2.24, 2.45) is 5.92 Å². The third-order valence-electron chi connectivity index (χ3n) is 5.39. The normalized spacial score (nSPS) is 35.2. The summed E-state index contributed by atoms with van der Waals surface area (Å²) >= 11 is 0. The summed E-state index contributed by atoms with van der Waals surface area (Å²) in [6.45, 7) is 0.454. The van der Waals surface area contributed by atoms with Crippen LogP contribution in [0, 0.1) is 5.92 Å². The fourth-order valence-electron chi connectivity index (χ4n) is 4.11. The average molecular weight is 352 g/mol. The second kappa shape index (κ2) is 6.50. The Hall–Kier alpha value is -2.21. The van der Waals surface area contributed by atoms with E-state index in [2.05, 4.69) is 0 Å². The average Bonchev–Trinajstić information content (AvgIpc) is 3.21. The summed E-state index contributed by atoms with van der Waals surface area (Å²) in [5, 5.41) is 0. The van der Waals surface area contributed by atoms with E-state index in [1.165, 1.54) is 0 Å². The number of benzene rings is 2. The number of hydrogen-bond acceptors (Lipinski definition) is 5. The first-order chi connectivity index (χ1) is 12.8. The number of carbonyl (C=O) groups is 1. The zero-order valence-corrected chi connectivity index (χ0v) is 14.2. The van der Waals surface area contributed by atoms with E-state index in [1.807, 2.05) is 60.7 Å². The number of fused-ring (bicyclic) bond motifs is 4. The van der Waals surface area contributed by atoms with Gasteiger partial charge in [0, 0.05) is 5.56 Å². The van der Waals surface area contributed by atoms with Gasteiger partial charge in [-0.3, -0.25) is 4.79 Å². The van der Waals surface area contributed by atoms with Crippen LogP contribution in [0.15, 0.2) is 60.7 Å². The second-order valence-electron chi connectivity index (χ2n) is 7.02. The highest BCUT2D eigenvalue weighted by molar-refractivity contribution is 5.76. The van der Waals surface area contributed by atoms with E-state index in [-0.39, 0.29) is 30.2 Å². The van der Waals surface area contributed by atoms with Crippen LogP contribution in [-0.4, -0.2) is 30.4 Å². The lowest BCUT2D eigenvalue weighted by atomic mass is 9.83. The molecule has 5 rings (SSSR count). The SMILES string of the molecule is O=C1OC2C3O[C@@H](c4ccccc4)OC3CC1[C@@H]2OCc1ccccc1. The lowest BCUT2D eigenvalue weighted by Crippen LogP contribution is -2.49. The Bertz CT molecular complexity index is 778. The quantitative estimate of drug-likeness (QED) is 0.792. The molecule has 3 aliphatic rings. The van der Waals surface area contributed by atoms with Gasteiger partial charge in [0.2, 0.25) is 0 Å². The van der Waals surface area contributed by atoms with Crippen LogP contribution >= 0.6 is 0 Å². The Kier molecular flexibility index (Phi) is 4.00. The molecule has 1 aliphatic carbocycles. The molecule has 1 saturated carbocycles. The number of esters is 1. The molecule has 6 atom stereocenters. The van der Waals surface area contributed by atoms with Gasteiger partial charge in [-0.2, -0.15) is 0 Å². The molecule has 2 heterocycles. The maximum Gasteiger partial charge on any atom is 0.312 e. The van der Waals surface area contributed by atoms with Gasteiger partial charge in [-0.05, 0) is 12.0 Å². The topological polar surface area (TPSA) is 54.0 Å². The van der Waals surface area contributed by atoms with Crippen LogP contribution in [0.3, 0.4) is 0 Å². The molecule has 2 saturated heterocycles. The van der Waals surface area contributed by atoms with Crippen LogP contribution in [0.1, 0.15) is 23.8 Å². The summed E-state index contributed by atoms with van der Waals surface area (Å²) in [5.41, 5.74) is 2.05. The number of rotatable bonds is 4. The number of ether oxygens (including phenoxy) is 4. The van der Waals surface area contributed by atoms with Crippen LogP contribution in [0.5, 0.6) is 0 Å². The highest BCUT2D eigenvalue weighted by atomic mass is 16.7. The van der Waals surface area contributed by atoms with Gasteiger partial charge < -0.3 is 18.9 Å². The largest absolute Gasteiger partial charge is 0.456 e. The van der Waals surface area contributed by atoms with Crippen molar-refractivity contribution in [1.82, 2.24) is 0 Å². The molecule has 0 amide bonds. The van der Waals surface area contributed by atoms with Gasteiger partial charge in [-0.1, -0.05) is 60.7 Å². The van der Waals surface area contributed by atoms with Crippen LogP contribution in [0.4, 0.5) is 0 Å². The van der Waals surface area contributed by atoms with E-state index in [1.54, 1.807) is 0 Å². The second-order valence-corrected chi connectivity index (χ2v) is 7.02. The minimum absolute atomic E-state index is 0.141. The Morgan fingerprint density at radius 1 is 0.923 bits per heavy atom. The van der Waals surface area contributed by atoms with Crippen molar-refractivity contribution in [3.63, 3.8) is 0 Å². The molecule has 0 spiro atoms. The zero-order valence-electron chi connectivity index (χ0n) is 14.2. The van der Waals surface area contributed by atoms with Gasteiger partial charge in [-0.15, -0.1) is 0 Å².